The second-order valence-corrected chi connectivity index (χ2v) is 18.5. The van der Waals surface area contributed by atoms with E-state index in [-0.39, 0.29) is 85.9 Å². The van der Waals surface area contributed by atoms with Crippen molar-refractivity contribution in [3.63, 3.8) is 0 Å². The first kappa shape index (κ1) is 44.9. The lowest BCUT2D eigenvalue weighted by molar-refractivity contribution is -0.199. The van der Waals surface area contributed by atoms with E-state index in [1.165, 1.54) is 22.2 Å². The molecule has 0 spiro atoms. The number of amides is 4. The Balaban J connectivity index is 0.000000166. The number of halogens is 6. The molecule has 6 heterocycles. The van der Waals surface area contributed by atoms with Gasteiger partial charge in [-0.05, 0) is 77.0 Å². The standard InChI is InChI=1S/2C22H23F3N6O2/c2*23-22(24,25)21(5-6-21)17(20(33)31-7-3-12(9-26)4-8-31)30-19(32)14-10-27-18-16(14)29-15(11-28-18)13-1-2-13/h2*10-13,17H,1-8H2,(H,27,28)(H,30,32)/t2*17-/m10/s1. The van der Waals surface area contributed by atoms with Gasteiger partial charge in [-0.2, -0.15) is 36.9 Å². The predicted octanol–water partition coefficient (Wildman–Crippen LogP) is 6.08. The minimum absolute atomic E-state index is 0.0685. The molecule has 348 valence electrons. The smallest absolute Gasteiger partial charge is 0.344 e. The van der Waals surface area contributed by atoms with Crippen molar-refractivity contribution in [1.29, 1.82) is 10.5 Å². The van der Waals surface area contributed by atoms with Crippen molar-refractivity contribution in [1.82, 2.24) is 50.3 Å². The van der Waals surface area contributed by atoms with Crippen LogP contribution in [-0.4, -0.2) is 114 Å². The maximum absolute atomic E-state index is 14.0. The maximum Gasteiger partial charge on any atom is 0.396 e. The zero-order valence-electron chi connectivity index (χ0n) is 35.6. The monoisotopic (exact) mass is 920 g/mol. The van der Waals surface area contributed by atoms with Crippen LogP contribution < -0.4 is 10.6 Å². The van der Waals surface area contributed by atoms with Crippen LogP contribution in [-0.2, 0) is 9.59 Å². The zero-order chi connectivity index (χ0) is 46.8. The number of likely N-dealkylation sites (tertiary alicyclic amines) is 2. The number of aromatic nitrogens is 6. The number of aromatic amines is 2. The Morgan fingerprint density at radius 1 is 0.621 bits per heavy atom. The van der Waals surface area contributed by atoms with Crippen LogP contribution >= 0.6 is 0 Å². The lowest BCUT2D eigenvalue weighted by atomic mass is 9.91. The average molecular weight is 921 g/mol. The van der Waals surface area contributed by atoms with Gasteiger partial charge >= 0.3 is 12.4 Å². The van der Waals surface area contributed by atoms with Gasteiger partial charge in [0.1, 0.15) is 23.1 Å². The summed E-state index contributed by atoms with van der Waals surface area (Å²) in [6.45, 7) is 0.780. The van der Waals surface area contributed by atoms with Crippen molar-refractivity contribution >= 4 is 46.0 Å². The van der Waals surface area contributed by atoms with Gasteiger partial charge in [0.15, 0.2) is 11.3 Å². The van der Waals surface area contributed by atoms with Crippen LogP contribution in [0, 0.1) is 45.3 Å². The summed E-state index contributed by atoms with van der Waals surface area (Å²) in [4.78, 5) is 78.6. The molecule has 2 saturated heterocycles. The van der Waals surface area contributed by atoms with Gasteiger partial charge in [0.2, 0.25) is 11.8 Å². The molecule has 4 saturated carbocycles. The summed E-state index contributed by atoms with van der Waals surface area (Å²) in [6, 6.07) is 0.823. The van der Waals surface area contributed by atoms with Gasteiger partial charge in [-0.15, -0.1) is 0 Å². The number of nitriles is 2. The van der Waals surface area contributed by atoms with Gasteiger partial charge in [0.25, 0.3) is 11.8 Å². The Hall–Kier alpha value is -6.32. The Morgan fingerprint density at radius 2 is 0.970 bits per heavy atom. The molecule has 16 nitrogen and oxygen atoms in total. The van der Waals surface area contributed by atoms with Crippen molar-refractivity contribution in [2.24, 2.45) is 22.7 Å². The molecule has 22 heteroatoms. The number of alkyl halides is 6. The van der Waals surface area contributed by atoms with E-state index in [4.69, 9.17) is 10.5 Å². The van der Waals surface area contributed by atoms with Crippen molar-refractivity contribution in [3.05, 3.63) is 47.3 Å². The summed E-state index contributed by atoms with van der Waals surface area (Å²) in [5.74, 6) is -2.93. The van der Waals surface area contributed by atoms with E-state index in [1.54, 1.807) is 12.4 Å². The molecule has 4 N–H and O–H groups in total. The molecular formula is C44H46F6N12O4. The third kappa shape index (κ3) is 8.50. The molecule has 0 bridgehead atoms. The normalized spacial score (nSPS) is 21.5. The second kappa shape index (κ2) is 16.8. The van der Waals surface area contributed by atoms with Crippen molar-refractivity contribution in [3.8, 4) is 12.1 Å². The molecule has 4 aromatic heterocycles. The van der Waals surface area contributed by atoms with E-state index in [9.17, 15) is 45.5 Å². The Bertz CT molecular complexity index is 2450. The molecule has 4 amide bonds. The lowest BCUT2D eigenvalue weighted by Crippen LogP contribution is -2.58. The molecule has 4 aromatic rings. The molecule has 4 aliphatic carbocycles. The Kier molecular flexibility index (Phi) is 11.4. The van der Waals surface area contributed by atoms with Gasteiger partial charge in [0.05, 0.1) is 57.9 Å². The molecule has 6 fully saturated rings. The van der Waals surface area contributed by atoms with Crippen LogP contribution in [0.2, 0.25) is 0 Å². The molecule has 10 rings (SSSR count). The van der Waals surface area contributed by atoms with Gasteiger partial charge in [0, 0.05) is 62.2 Å². The molecule has 0 aromatic carbocycles. The van der Waals surface area contributed by atoms with Crippen LogP contribution in [0.3, 0.4) is 0 Å². The summed E-state index contributed by atoms with van der Waals surface area (Å²) < 4.78 is 83.9. The highest BCUT2D eigenvalue weighted by atomic mass is 19.4. The van der Waals surface area contributed by atoms with Crippen LogP contribution in [0.15, 0.2) is 24.8 Å². The number of fused-ring (bicyclic) bond motifs is 2. The predicted molar refractivity (Wildman–Crippen MR) is 220 cm³/mol. The maximum atomic E-state index is 14.0. The number of carbonyl (C=O) groups is 4. The van der Waals surface area contributed by atoms with E-state index in [2.05, 4.69) is 52.7 Å². The molecule has 2 aliphatic heterocycles. The quantitative estimate of drug-likeness (QED) is 0.134. The van der Waals surface area contributed by atoms with Crippen LogP contribution in [0.25, 0.3) is 22.3 Å². The van der Waals surface area contributed by atoms with E-state index in [0.717, 1.165) is 37.1 Å². The second-order valence-electron chi connectivity index (χ2n) is 18.5. The number of carbonyl (C=O) groups excluding carboxylic acids is 4. The Labute approximate surface area is 373 Å². The fourth-order valence-electron chi connectivity index (χ4n) is 9.16. The van der Waals surface area contributed by atoms with Crippen LogP contribution in [0.1, 0.15) is 121 Å². The van der Waals surface area contributed by atoms with Crippen molar-refractivity contribution < 1.29 is 45.5 Å². The van der Waals surface area contributed by atoms with Gasteiger partial charge in [-0.1, -0.05) is 0 Å². The number of hydrogen-bond donors (Lipinski definition) is 4. The van der Waals surface area contributed by atoms with Crippen molar-refractivity contribution in [2.75, 3.05) is 26.2 Å². The summed E-state index contributed by atoms with van der Waals surface area (Å²) in [5, 5.41) is 22.9. The molecule has 2 atom stereocenters. The number of hydrogen-bond acceptors (Lipinski definition) is 10. The summed E-state index contributed by atoms with van der Waals surface area (Å²) >= 11 is 0. The first-order valence-corrected chi connectivity index (χ1v) is 22.3. The number of rotatable bonds is 10. The molecule has 66 heavy (non-hydrogen) atoms. The minimum Gasteiger partial charge on any atom is -0.344 e. The first-order valence-electron chi connectivity index (χ1n) is 22.3. The lowest BCUT2D eigenvalue weighted by Gasteiger charge is -2.36. The van der Waals surface area contributed by atoms with E-state index < -0.39 is 58.9 Å². The fourth-order valence-corrected chi connectivity index (χ4v) is 9.16. The SMILES string of the molecule is N#CC1CCN(C(=O)[C@@H](NC(=O)c2c[nH]c3ncc(C4CC4)nc23)C2(C(F)(F)F)CC2)CC1.N#CC1CCN(C(=O)[C@H](NC(=O)c2c[nH]c3ncc(C4CC4)nc23)C2(C(F)(F)F)CC2)CC1. The minimum atomic E-state index is -4.63. The largest absolute Gasteiger partial charge is 0.396 e. The Morgan fingerprint density at radius 3 is 1.26 bits per heavy atom. The fraction of sp³-hybridized carbons (Fsp3) is 0.591. The third-order valence-corrected chi connectivity index (χ3v) is 14.1. The number of nitrogens with zero attached hydrogens (tertiary/aromatic N) is 8. The highest BCUT2D eigenvalue weighted by Gasteiger charge is 2.71. The number of piperidine rings is 2. The van der Waals surface area contributed by atoms with Crippen LogP contribution in [0.4, 0.5) is 26.3 Å². The summed E-state index contributed by atoms with van der Waals surface area (Å²) in [5.41, 5.74) is -1.62. The average Bonchev–Trinajstić information content (AvgIpc) is 4.09. The molecule has 6 aliphatic rings. The molecular weight excluding hydrogens is 875 g/mol. The van der Waals surface area contributed by atoms with Gasteiger partial charge in [-0.3, -0.25) is 19.2 Å². The summed E-state index contributed by atoms with van der Waals surface area (Å²) in [6.07, 6.45) is 1.42. The topological polar surface area (TPSA) is 230 Å². The third-order valence-electron chi connectivity index (χ3n) is 14.1. The number of H-pyrrole nitrogens is 2. The zero-order valence-corrected chi connectivity index (χ0v) is 35.6. The van der Waals surface area contributed by atoms with E-state index in [0.29, 0.717) is 48.8 Å². The molecule has 0 radical (unpaired) electrons. The van der Waals surface area contributed by atoms with Crippen molar-refractivity contribution in [2.45, 2.75) is 113 Å². The van der Waals surface area contributed by atoms with E-state index in [1.807, 2.05) is 0 Å². The summed E-state index contributed by atoms with van der Waals surface area (Å²) in [7, 11) is 0. The first-order chi connectivity index (χ1) is 31.5. The van der Waals surface area contributed by atoms with E-state index >= 15 is 0 Å². The van der Waals surface area contributed by atoms with Gasteiger partial charge in [-0.25, -0.2) is 19.9 Å². The highest BCUT2D eigenvalue weighted by molar-refractivity contribution is 6.07. The highest BCUT2D eigenvalue weighted by Crippen LogP contribution is 2.61. The van der Waals surface area contributed by atoms with Gasteiger partial charge < -0.3 is 30.4 Å². The molecule has 0 unspecified atom stereocenters. The van der Waals surface area contributed by atoms with Crippen LogP contribution in [0.5, 0.6) is 0 Å². The number of nitrogens with one attached hydrogen (secondary N) is 4.